The van der Waals surface area contributed by atoms with Crippen molar-refractivity contribution >= 4 is 0 Å². The molecule has 1 aromatic carbocycles. The molecule has 0 aromatic heterocycles. The summed E-state index contributed by atoms with van der Waals surface area (Å²) in [6.07, 6.45) is 3.63. The third-order valence-electron chi connectivity index (χ3n) is 2.81. The largest absolute Gasteiger partial charge is 0.495 e. The highest BCUT2D eigenvalue weighted by molar-refractivity contribution is 5.31. The molecule has 1 heterocycles. The summed E-state index contributed by atoms with van der Waals surface area (Å²) in [5.74, 6) is 0.0337. The summed E-state index contributed by atoms with van der Waals surface area (Å²) in [5, 5.41) is 10.4. The van der Waals surface area contributed by atoms with E-state index in [1.807, 2.05) is 6.08 Å². The molecule has 0 spiro atoms. The Balaban J connectivity index is 2.38. The number of ether oxygens (including phenoxy) is 1. The van der Waals surface area contributed by atoms with Crippen LogP contribution < -0.4 is 0 Å². The van der Waals surface area contributed by atoms with Crippen molar-refractivity contribution in [2.24, 2.45) is 0 Å². The highest BCUT2D eigenvalue weighted by Crippen LogP contribution is 2.33. The van der Waals surface area contributed by atoms with Crippen LogP contribution in [0.5, 0.6) is 0 Å². The zero-order valence-corrected chi connectivity index (χ0v) is 9.24. The van der Waals surface area contributed by atoms with E-state index >= 15 is 0 Å². The number of aliphatic hydroxyl groups is 1. The van der Waals surface area contributed by atoms with Crippen LogP contribution in [0.1, 0.15) is 25.3 Å². The minimum absolute atomic E-state index is 0.253. The number of hydrogen-bond donors (Lipinski definition) is 1. The highest BCUT2D eigenvalue weighted by atomic mass is 19.1. The van der Waals surface area contributed by atoms with Gasteiger partial charge in [-0.2, -0.15) is 0 Å². The van der Waals surface area contributed by atoms with Gasteiger partial charge in [-0.25, -0.2) is 4.39 Å². The maximum Gasteiger partial charge on any atom is 0.146 e. The molecule has 2 nitrogen and oxygen atoms in total. The van der Waals surface area contributed by atoms with Gasteiger partial charge in [0.05, 0.1) is 6.61 Å². The highest BCUT2D eigenvalue weighted by Gasteiger charge is 2.33. The van der Waals surface area contributed by atoms with Crippen LogP contribution >= 0.6 is 0 Å². The van der Waals surface area contributed by atoms with Gasteiger partial charge >= 0.3 is 0 Å². The Morgan fingerprint density at radius 3 is 2.75 bits per heavy atom. The van der Waals surface area contributed by atoms with Gasteiger partial charge in [0.1, 0.15) is 17.2 Å². The molecule has 3 heteroatoms. The summed E-state index contributed by atoms with van der Waals surface area (Å²) in [4.78, 5) is 0. The van der Waals surface area contributed by atoms with E-state index in [2.05, 4.69) is 0 Å². The van der Waals surface area contributed by atoms with Crippen molar-refractivity contribution < 1.29 is 14.2 Å². The van der Waals surface area contributed by atoms with Gasteiger partial charge in [0, 0.05) is 5.56 Å². The van der Waals surface area contributed by atoms with E-state index in [-0.39, 0.29) is 5.56 Å². The Morgan fingerprint density at radius 1 is 1.38 bits per heavy atom. The van der Waals surface area contributed by atoms with Crippen LogP contribution in [-0.2, 0) is 10.3 Å². The number of halogens is 1. The maximum atomic E-state index is 13.6. The summed E-state index contributed by atoms with van der Waals surface area (Å²) in [7, 11) is 0. The molecule has 2 rings (SSSR count). The monoisotopic (exact) mass is 222 g/mol. The van der Waals surface area contributed by atoms with Crippen molar-refractivity contribution in [3.05, 3.63) is 47.5 Å². The first-order valence-electron chi connectivity index (χ1n) is 5.43. The molecule has 0 aliphatic carbocycles. The molecule has 86 valence electrons. The summed E-state index contributed by atoms with van der Waals surface area (Å²) in [6, 6.07) is 6.22. The van der Waals surface area contributed by atoms with E-state index in [1.165, 1.54) is 6.07 Å². The van der Waals surface area contributed by atoms with Crippen molar-refractivity contribution in [1.29, 1.82) is 0 Å². The van der Waals surface area contributed by atoms with Crippen molar-refractivity contribution in [3.63, 3.8) is 0 Å². The van der Waals surface area contributed by atoms with Crippen molar-refractivity contribution in [3.8, 4) is 0 Å². The van der Waals surface area contributed by atoms with Crippen LogP contribution in [0.25, 0.3) is 0 Å². The van der Waals surface area contributed by atoms with Crippen LogP contribution in [-0.4, -0.2) is 11.7 Å². The molecule has 0 saturated heterocycles. The number of rotatable bonds is 2. The molecule has 1 N–H and O–H groups in total. The van der Waals surface area contributed by atoms with Crippen LogP contribution in [0, 0.1) is 5.82 Å². The second-order valence-electron chi connectivity index (χ2n) is 4.11. The normalized spacial score (nSPS) is 19.6. The van der Waals surface area contributed by atoms with Gasteiger partial charge in [-0.15, -0.1) is 0 Å². The summed E-state index contributed by atoms with van der Waals surface area (Å²) >= 11 is 0. The minimum Gasteiger partial charge on any atom is -0.495 e. The first-order valence-corrected chi connectivity index (χ1v) is 5.43. The standard InChI is InChI=1S/C13H15FO2/c1-13(15,12-8-4-5-9-16-12)10-6-2-3-7-11(10)14/h2-3,6-8,15H,4-5,9H2,1H3. The van der Waals surface area contributed by atoms with Crippen LogP contribution in [0.3, 0.4) is 0 Å². The molecule has 1 atom stereocenters. The zero-order valence-electron chi connectivity index (χ0n) is 9.24. The zero-order chi connectivity index (χ0) is 11.6. The fraction of sp³-hybridized carbons (Fsp3) is 0.385. The smallest absolute Gasteiger partial charge is 0.146 e. The average molecular weight is 222 g/mol. The van der Waals surface area contributed by atoms with Gasteiger partial charge in [0.2, 0.25) is 0 Å². The van der Waals surface area contributed by atoms with Gasteiger partial charge in [-0.05, 0) is 31.9 Å². The molecular formula is C13H15FO2. The van der Waals surface area contributed by atoms with E-state index < -0.39 is 11.4 Å². The van der Waals surface area contributed by atoms with Crippen molar-refractivity contribution in [2.75, 3.05) is 6.61 Å². The Morgan fingerprint density at radius 2 is 2.12 bits per heavy atom. The molecular weight excluding hydrogens is 207 g/mol. The molecule has 1 aliphatic heterocycles. The third kappa shape index (κ3) is 1.95. The predicted octanol–water partition coefficient (Wildman–Crippen LogP) is 2.73. The molecule has 0 radical (unpaired) electrons. The quantitative estimate of drug-likeness (QED) is 0.833. The predicted molar refractivity (Wildman–Crippen MR) is 59.2 cm³/mol. The molecule has 1 unspecified atom stereocenters. The lowest BCUT2D eigenvalue weighted by Gasteiger charge is -2.29. The molecule has 0 bridgehead atoms. The fourth-order valence-corrected chi connectivity index (χ4v) is 1.89. The van der Waals surface area contributed by atoms with E-state index in [0.717, 1.165) is 12.8 Å². The Hall–Kier alpha value is -1.35. The van der Waals surface area contributed by atoms with E-state index in [4.69, 9.17) is 4.74 Å². The van der Waals surface area contributed by atoms with Crippen LogP contribution in [0.2, 0.25) is 0 Å². The first-order chi connectivity index (χ1) is 7.62. The van der Waals surface area contributed by atoms with Crippen LogP contribution in [0.15, 0.2) is 36.1 Å². The summed E-state index contributed by atoms with van der Waals surface area (Å²) in [6.45, 7) is 2.14. The SMILES string of the molecule is CC(O)(C1=CCCCO1)c1ccccc1F. The number of hydrogen-bond acceptors (Lipinski definition) is 2. The molecule has 0 fully saturated rings. The fourth-order valence-electron chi connectivity index (χ4n) is 1.89. The average Bonchev–Trinajstić information content (AvgIpc) is 2.30. The van der Waals surface area contributed by atoms with E-state index in [0.29, 0.717) is 12.4 Å². The van der Waals surface area contributed by atoms with Crippen molar-refractivity contribution in [1.82, 2.24) is 0 Å². The van der Waals surface area contributed by atoms with E-state index in [1.54, 1.807) is 25.1 Å². The molecule has 0 saturated carbocycles. The lowest BCUT2D eigenvalue weighted by atomic mass is 9.92. The maximum absolute atomic E-state index is 13.6. The topological polar surface area (TPSA) is 29.5 Å². The number of allylic oxidation sites excluding steroid dienone is 1. The van der Waals surface area contributed by atoms with Crippen molar-refractivity contribution in [2.45, 2.75) is 25.4 Å². The van der Waals surface area contributed by atoms with Crippen LogP contribution in [0.4, 0.5) is 4.39 Å². The molecule has 1 aromatic rings. The summed E-state index contributed by atoms with van der Waals surface area (Å²) in [5.41, 5.74) is -1.13. The van der Waals surface area contributed by atoms with Gasteiger partial charge in [0.15, 0.2) is 0 Å². The van der Waals surface area contributed by atoms with Gasteiger partial charge in [-0.1, -0.05) is 18.2 Å². The lowest BCUT2D eigenvalue weighted by molar-refractivity contribution is 0.0125. The van der Waals surface area contributed by atoms with Gasteiger partial charge < -0.3 is 9.84 Å². The Labute approximate surface area is 94.4 Å². The second-order valence-corrected chi connectivity index (χ2v) is 4.11. The molecule has 0 amide bonds. The van der Waals surface area contributed by atoms with Gasteiger partial charge in [-0.3, -0.25) is 0 Å². The second kappa shape index (κ2) is 4.26. The Kier molecular flexibility index (Phi) is 2.97. The minimum atomic E-state index is -1.38. The summed E-state index contributed by atoms with van der Waals surface area (Å²) < 4.78 is 19.0. The van der Waals surface area contributed by atoms with Gasteiger partial charge in [0.25, 0.3) is 0 Å². The third-order valence-corrected chi connectivity index (χ3v) is 2.81. The molecule has 16 heavy (non-hydrogen) atoms. The van der Waals surface area contributed by atoms with E-state index in [9.17, 15) is 9.50 Å². The Bertz CT molecular complexity index is 410. The lowest BCUT2D eigenvalue weighted by Crippen LogP contribution is -2.28. The number of benzene rings is 1. The molecule has 1 aliphatic rings. The first kappa shape index (κ1) is 11.1.